The highest BCUT2D eigenvalue weighted by Crippen LogP contribution is 2.28. The Hall–Kier alpha value is -1.55. The number of anilines is 1. The number of rotatable bonds is 3. The van der Waals surface area contributed by atoms with Crippen LogP contribution in [-0.2, 0) is 4.74 Å². The number of nitrogens with two attached hydrogens (primary N) is 1. The number of nitrogen functional groups attached to an aromatic ring is 1. The zero-order chi connectivity index (χ0) is 17.1. The topological polar surface area (TPSA) is 55.6 Å². The van der Waals surface area contributed by atoms with Crippen molar-refractivity contribution in [3.05, 3.63) is 29.3 Å². The first-order valence-electron chi connectivity index (χ1n) is 9.34. The van der Waals surface area contributed by atoms with Crippen LogP contribution in [0.2, 0.25) is 0 Å². The summed E-state index contributed by atoms with van der Waals surface area (Å²) < 4.78 is 6.30. The monoisotopic (exact) mass is 330 g/mol. The highest BCUT2D eigenvalue weighted by atomic mass is 16.5. The molecule has 1 aromatic rings. The maximum Gasteiger partial charge on any atom is 0.254 e. The Morgan fingerprint density at radius 1 is 1.08 bits per heavy atom. The second-order valence-corrected chi connectivity index (χ2v) is 7.58. The number of nitrogens with zero attached hydrogens (tertiary/aromatic N) is 1. The van der Waals surface area contributed by atoms with Gasteiger partial charge >= 0.3 is 0 Å². The number of carbonyl (C=O) groups is 1. The van der Waals surface area contributed by atoms with E-state index in [1.165, 1.54) is 25.7 Å². The number of benzene rings is 1. The van der Waals surface area contributed by atoms with E-state index in [2.05, 4.69) is 6.92 Å². The molecule has 0 spiro atoms. The molecule has 1 saturated carbocycles. The van der Waals surface area contributed by atoms with Crippen molar-refractivity contribution in [2.75, 3.05) is 18.8 Å². The standard InChI is InChI=1S/C20H30N2O2/c1-14-3-7-17(8-4-14)24-18-9-11-22(12-10-18)20(23)19-13-16(21)6-5-15(19)2/h5-6,13-14,17-18H,3-4,7-12,21H2,1-2H3. The molecule has 0 atom stereocenters. The average molecular weight is 330 g/mol. The van der Waals surface area contributed by atoms with Crippen molar-refractivity contribution >= 4 is 11.6 Å². The lowest BCUT2D eigenvalue weighted by atomic mass is 9.88. The van der Waals surface area contributed by atoms with Crippen molar-refractivity contribution < 1.29 is 9.53 Å². The van der Waals surface area contributed by atoms with Gasteiger partial charge in [0.15, 0.2) is 0 Å². The van der Waals surface area contributed by atoms with E-state index < -0.39 is 0 Å². The molecule has 132 valence electrons. The van der Waals surface area contributed by atoms with Gasteiger partial charge in [-0.25, -0.2) is 0 Å². The van der Waals surface area contributed by atoms with Gasteiger partial charge in [0.1, 0.15) is 0 Å². The van der Waals surface area contributed by atoms with E-state index in [0.29, 0.717) is 17.9 Å². The van der Waals surface area contributed by atoms with E-state index in [4.69, 9.17) is 10.5 Å². The summed E-state index contributed by atoms with van der Waals surface area (Å²) in [6.07, 6.45) is 7.61. The van der Waals surface area contributed by atoms with E-state index in [-0.39, 0.29) is 5.91 Å². The van der Waals surface area contributed by atoms with Crippen molar-refractivity contribution in [3.63, 3.8) is 0 Å². The molecule has 1 amide bonds. The molecule has 1 aliphatic carbocycles. The number of likely N-dealkylation sites (tertiary alicyclic amines) is 1. The normalized spacial score (nSPS) is 25.7. The molecular weight excluding hydrogens is 300 g/mol. The Kier molecular flexibility index (Phi) is 5.44. The minimum Gasteiger partial charge on any atom is -0.399 e. The smallest absolute Gasteiger partial charge is 0.254 e. The summed E-state index contributed by atoms with van der Waals surface area (Å²) in [5.74, 6) is 0.954. The summed E-state index contributed by atoms with van der Waals surface area (Å²) in [7, 11) is 0. The first-order chi connectivity index (χ1) is 11.5. The van der Waals surface area contributed by atoms with Crippen LogP contribution in [0.4, 0.5) is 5.69 Å². The van der Waals surface area contributed by atoms with Gasteiger partial charge in [-0.3, -0.25) is 4.79 Å². The van der Waals surface area contributed by atoms with Crippen LogP contribution in [0.5, 0.6) is 0 Å². The Bertz CT molecular complexity index is 571. The Morgan fingerprint density at radius 3 is 2.38 bits per heavy atom. The summed E-state index contributed by atoms with van der Waals surface area (Å²) in [6.45, 7) is 5.85. The maximum absolute atomic E-state index is 12.7. The summed E-state index contributed by atoms with van der Waals surface area (Å²) >= 11 is 0. The maximum atomic E-state index is 12.7. The Labute approximate surface area is 145 Å². The predicted molar refractivity (Wildman–Crippen MR) is 97.0 cm³/mol. The molecule has 0 radical (unpaired) electrons. The largest absolute Gasteiger partial charge is 0.399 e. The summed E-state index contributed by atoms with van der Waals surface area (Å²) in [5.41, 5.74) is 8.21. The van der Waals surface area contributed by atoms with Crippen LogP contribution in [0.15, 0.2) is 18.2 Å². The van der Waals surface area contributed by atoms with E-state index in [1.807, 2.05) is 24.0 Å². The number of amides is 1. The van der Waals surface area contributed by atoms with Gasteiger partial charge in [0.25, 0.3) is 5.91 Å². The SMILES string of the molecule is Cc1ccc(N)cc1C(=O)N1CCC(OC2CCC(C)CC2)CC1. The number of hydrogen-bond donors (Lipinski definition) is 1. The fraction of sp³-hybridized carbons (Fsp3) is 0.650. The van der Waals surface area contributed by atoms with Crippen LogP contribution in [0.3, 0.4) is 0 Å². The lowest BCUT2D eigenvalue weighted by Crippen LogP contribution is -2.42. The second kappa shape index (κ2) is 7.56. The molecule has 24 heavy (non-hydrogen) atoms. The van der Waals surface area contributed by atoms with Crippen LogP contribution in [0.25, 0.3) is 0 Å². The van der Waals surface area contributed by atoms with Crippen molar-refractivity contribution in [1.82, 2.24) is 4.90 Å². The minimum absolute atomic E-state index is 0.102. The fourth-order valence-electron chi connectivity index (χ4n) is 3.87. The first kappa shape index (κ1) is 17.3. The molecule has 4 heteroatoms. The van der Waals surface area contributed by atoms with Crippen LogP contribution in [0.1, 0.15) is 61.4 Å². The van der Waals surface area contributed by atoms with Crippen molar-refractivity contribution in [2.24, 2.45) is 5.92 Å². The van der Waals surface area contributed by atoms with Gasteiger partial charge in [0.05, 0.1) is 12.2 Å². The highest BCUT2D eigenvalue weighted by Gasteiger charge is 2.28. The zero-order valence-corrected chi connectivity index (χ0v) is 15.0. The minimum atomic E-state index is 0.102. The van der Waals surface area contributed by atoms with Crippen LogP contribution in [-0.4, -0.2) is 36.1 Å². The molecule has 0 aromatic heterocycles. The van der Waals surface area contributed by atoms with Gasteiger partial charge in [-0.1, -0.05) is 13.0 Å². The van der Waals surface area contributed by atoms with Crippen molar-refractivity contribution in [2.45, 2.75) is 64.6 Å². The van der Waals surface area contributed by atoms with E-state index >= 15 is 0 Å². The molecule has 2 fully saturated rings. The molecule has 2 aliphatic rings. The van der Waals surface area contributed by atoms with Crippen molar-refractivity contribution in [1.29, 1.82) is 0 Å². The predicted octanol–water partition coefficient (Wildman–Crippen LogP) is 3.78. The molecule has 1 aromatic carbocycles. The molecule has 4 nitrogen and oxygen atoms in total. The Morgan fingerprint density at radius 2 is 1.71 bits per heavy atom. The number of ether oxygens (including phenoxy) is 1. The lowest BCUT2D eigenvalue weighted by Gasteiger charge is -2.36. The van der Waals surface area contributed by atoms with Gasteiger partial charge in [0, 0.05) is 24.3 Å². The van der Waals surface area contributed by atoms with Crippen LogP contribution >= 0.6 is 0 Å². The second-order valence-electron chi connectivity index (χ2n) is 7.58. The number of hydrogen-bond acceptors (Lipinski definition) is 3. The summed E-state index contributed by atoms with van der Waals surface area (Å²) in [5, 5.41) is 0. The molecule has 2 N–H and O–H groups in total. The van der Waals surface area contributed by atoms with Gasteiger partial charge in [-0.05, 0) is 69.1 Å². The first-order valence-corrected chi connectivity index (χ1v) is 9.34. The van der Waals surface area contributed by atoms with Gasteiger partial charge in [-0.15, -0.1) is 0 Å². The molecule has 0 unspecified atom stereocenters. The third-order valence-corrected chi connectivity index (χ3v) is 5.57. The fourth-order valence-corrected chi connectivity index (χ4v) is 3.87. The molecular formula is C20H30N2O2. The van der Waals surface area contributed by atoms with E-state index in [9.17, 15) is 4.79 Å². The number of piperidine rings is 1. The van der Waals surface area contributed by atoms with Crippen LogP contribution in [0, 0.1) is 12.8 Å². The zero-order valence-electron chi connectivity index (χ0n) is 15.0. The molecule has 1 heterocycles. The van der Waals surface area contributed by atoms with Crippen LogP contribution < -0.4 is 5.73 Å². The highest BCUT2D eigenvalue weighted by molar-refractivity contribution is 5.96. The van der Waals surface area contributed by atoms with Crippen molar-refractivity contribution in [3.8, 4) is 0 Å². The molecule has 0 bridgehead atoms. The van der Waals surface area contributed by atoms with E-state index in [1.54, 1.807) is 6.07 Å². The Balaban J connectivity index is 1.51. The summed E-state index contributed by atoms with van der Waals surface area (Å²) in [6, 6.07) is 5.56. The number of carbonyl (C=O) groups excluding carboxylic acids is 1. The van der Waals surface area contributed by atoms with E-state index in [0.717, 1.165) is 43.0 Å². The summed E-state index contributed by atoms with van der Waals surface area (Å²) in [4.78, 5) is 14.7. The average Bonchev–Trinajstić information content (AvgIpc) is 2.59. The molecule has 3 rings (SSSR count). The number of aryl methyl sites for hydroxylation is 1. The van der Waals surface area contributed by atoms with Gasteiger partial charge < -0.3 is 15.4 Å². The van der Waals surface area contributed by atoms with Gasteiger partial charge in [0.2, 0.25) is 0 Å². The molecule has 1 saturated heterocycles. The molecule has 1 aliphatic heterocycles. The van der Waals surface area contributed by atoms with Gasteiger partial charge in [-0.2, -0.15) is 0 Å². The quantitative estimate of drug-likeness (QED) is 0.858. The third-order valence-electron chi connectivity index (χ3n) is 5.57. The third kappa shape index (κ3) is 4.10. The lowest BCUT2D eigenvalue weighted by molar-refractivity contribution is -0.0570.